The molecule has 6 nitrogen and oxygen atoms in total. The van der Waals surface area contributed by atoms with Gasteiger partial charge in [-0.05, 0) is 56.2 Å². The van der Waals surface area contributed by atoms with E-state index in [0.717, 1.165) is 5.56 Å². The zero-order valence-corrected chi connectivity index (χ0v) is 16.0. The first kappa shape index (κ1) is 20.3. The Morgan fingerprint density at radius 3 is 2.44 bits per heavy atom. The molecule has 2 aromatic carbocycles. The summed E-state index contributed by atoms with van der Waals surface area (Å²) in [5.41, 5.74) is 0.550. The van der Waals surface area contributed by atoms with Gasteiger partial charge in [-0.1, -0.05) is 24.3 Å². The summed E-state index contributed by atoms with van der Waals surface area (Å²) in [7, 11) is 1.53. The number of aliphatic carboxylic acids is 1. The van der Waals surface area contributed by atoms with Crippen LogP contribution in [0.5, 0.6) is 11.5 Å². The van der Waals surface area contributed by atoms with E-state index in [1.807, 2.05) is 25.1 Å². The zero-order chi connectivity index (χ0) is 20.0. The predicted octanol–water partition coefficient (Wildman–Crippen LogP) is 3.28. The van der Waals surface area contributed by atoms with Gasteiger partial charge in [0.15, 0.2) is 6.10 Å². The molecule has 0 spiro atoms. The molecule has 0 aromatic heterocycles. The maximum atomic E-state index is 12.7. The minimum atomic E-state index is -1.11. The molecule has 1 amide bonds. The number of rotatable bonds is 8. The summed E-state index contributed by atoms with van der Waals surface area (Å²) in [6.45, 7) is 5.24. The topological polar surface area (TPSA) is 84.9 Å². The smallest absolute Gasteiger partial charge is 0.306 e. The normalized spacial score (nSPS) is 13.9. The highest BCUT2D eigenvalue weighted by atomic mass is 16.5. The molecule has 0 bridgehead atoms. The number of benzene rings is 2. The molecular weight excluding hydrogens is 346 g/mol. The van der Waals surface area contributed by atoms with E-state index in [9.17, 15) is 14.7 Å². The second-order valence-corrected chi connectivity index (χ2v) is 6.70. The molecule has 2 aromatic rings. The van der Waals surface area contributed by atoms with Gasteiger partial charge in [-0.2, -0.15) is 0 Å². The summed E-state index contributed by atoms with van der Waals surface area (Å²) in [6.07, 6.45) is -1.06. The van der Waals surface area contributed by atoms with Crippen molar-refractivity contribution < 1.29 is 24.2 Å². The van der Waals surface area contributed by atoms with Crippen LogP contribution in [0, 0.1) is 6.92 Å². The summed E-state index contributed by atoms with van der Waals surface area (Å²) in [6, 6.07) is 14.4. The first-order chi connectivity index (χ1) is 12.7. The third-order valence-corrected chi connectivity index (χ3v) is 4.28. The van der Waals surface area contributed by atoms with Crippen molar-refractivity contribution in [3.8, 4) is 11.5 Å². The van der Waals surface area contributed by atoms with Crippen molar-refractivity contribution in [2.24, 2.45) is 0 Å². The molecule has 2 unspecified atom stereocenters. The molecule has 2 atom stereocenters. The number of nitrogens with one attached hydrogen (secondary N) is 1. The van der Waals surface area contributed by atoms with Crippen LogP contribution in [0.4, 0.5) is 0 Å². The van der Waals surface area contributed by atoms with Crippen molar-refractivity contribution >= 4 is 11.9 Å². The molecular formula is C21H25NO5. The predicted molar refractivity (Wildman–Crippen MR) is 102 cm³/mol. The lowest BCUT2D eigenvalue weighted by atomic mass is 9.88. The third-order valence-electron chi connectivity index (χ3n) is 4.28. The maximum absolute atomic E-state index is 12.7. The molecule has 144 valence electrons. The molecule has 0 heterocycles. The number of carbonyl (C=O) groups excluding carboxylic acids is 1. The Morgan fingerprint density at radius 2 is 1.81 bits per heavy atom. The lowest BCUT2D eigenvalue weighted by Gasteiger charge is -2.31. The molecule has 27 heavy (non-hydrogen) atoms. The Morgan fingerprint density at radius 1 is 1.15 bits per heavy atom. The number of hydrogen-bond acceptors (Lipinski definition) is 4. The highest BCUT2D eigenvalue weighted by molar-refractivity contribution is 5.82. The molecule has 0 fully saturated rings. The monoisotopic (exact) mass is 371 g/mol. The van der Waals surface area contributed by atoms with Crippen molar-refractivity contribution in [3.63, 3.8) is 0 Å². The number of carboxylic acids is 1. The largest absolute Gasteiger partial charge is 0.497 e. The number of carboxylic acid groups (broad SMARTS) is 1. The van der Waals surface area contributed by atoms with Crippen molar-refractivity contribution in [1.82, 2.24) is 5.32 Å². The Bertz CT molecular complexity index is 820. The minimum absolute atomic E-state index is 0.275. The van der Waals surface area contributed by atoms with E-state index in [2.05, 4.69) is 5.32 Å². The highest BCUT2D eigenvalue weighted by Crippen LogP contribution is 2.28. The number of aryl methyl sites for hydroxylation is 1. The summed E-state index contributed by atoms with van der Waals surface area (Å²) < 4.78 is 10.9. The average molecular weight is 371 g/mol. The number of ether oxygens (including phenoxy) is 2. The van der Waals surface area contributed by atoms with Crippen LogP contribution in [0.2, 0.25) is 0 Å². The van der Waals surface area contributed by atoms with E-state index in [1.54, 1.807) is 44.2 Å². The lowest BCUT2D eigenvalue weighted by Crippen LogP contribution is -2.49. The van der Waals surface area contributed by atoms with Crippen molar-refractivity contribution in [2.45, 2.75) is 38.8 Å². The average Bonchev–Trinajstić information content (AvgIpc) is 2.61. The van der Waals surface area contributed by atoms with Gasteiger partial charge in [-0.15, -0.1) is 0 Å². The summed E-state index contributed by atoms with van der Waals surface area (Å²) >= 11 is 0. The number of amides is 1. The van der Waals surface area contributed by atoms with Gasteiger partial charge < -0.3 is 19.9 Å². The van der Waals surface area contributed by atoms with Crippen LogP contribution in [0.1, 0.15) is 31.4 Å². The number of carbonyl (C=O) groups is 2. The van der Waals surface area contributed by atoms with Gasteiger partial charge >= 0.3 is 5.97 Å². The maximum Gasteiger partial charge on any atom is 0.306 e. The van der Waals surface area contributed by atoms with Crippen molar-refractivity contribution in [3.05, 3.63) is 59.7 Å². The molecule has 6 heteroatoms. The first-order valence-corrected chi connectivity index (χ1v) is 8.65. The second-order valence-electron chi connectivity index (χ2n) is 6.70. The molecule has 0 saturated heterocycles. The quantitative estimate of drug-likeness (QED) is 0.744. The molecule has 2 rings (SSSR count). The van der Waals surface area contributed by atoms with Gasteiger partial charge in [0.05, 0.1) is 19.1 Å². The van der Waals surface area contributed by atoms with Crippen molar-refractivity contribution in [1.29, 1.82) is 0 Å². The Labute approximate surface area is 159 Å². The third kappa shape index (κ3) is 5.48. The fourth-order valence-corrected chi connectivity index (χ4v) is 2.81. The molecule has 0 aliphatic rings. The zero-order valence-electron chi connectivity index (χ0n) is 16.0. The van der Waals surface area contributed by atoms with Gasteiger partial charge in [0.25, 0.3) is 5.91 Å². The number of hydrogen-bond donors (Lipinski definition) is 2. The van der Waals surface area contributed by atoms with Crippen molar-refractivity contribution in [2.75, 3.05) is 7.11 Å². The van der Waals surface area contributed by atoms with Gasteiger partial charge in [0.2, 0.25) is 0 Å². The van der Waals surface area contributed by atoms with Gasteiger partial charge in [0, 0.05) is 0 Å². The summed E-state index contributed by atoms with van der Waals surface area (Å²) in [4.78, 5) is 24.1. The van der Waals surface area contributed by atoms with Crippen LogP contribution in [0.3, 0.4) is 0 Å². The van der Waals surface area contributed by atoms with E-state index >= 15 is 0 Å². The standard InChI is InChI=1S/C21H25NO5/c1-14-7-5-10-18(11-14)27-15(2)20(25)22-21(3,13-19(23)24)16-8-6-9-17(12-16)26-4/h5-12,15H,13H2,1-4H3,(H,22,25)(H,23,24). The fraction of sp³-hybridized carbons (Fsp3) is 0.333. The Hall–Kier alpha value is -3.02. The van der Waals surface area contributed by atoms with E-state index in [-0.39, 0.29) is 6.42 Å². The molecule has 0 aliphatic carbocycles. The van der Waals surface area contributed by atoms with Gasteiger partial charge in [-0.3, -0.25) is 9.59 Å². The molecule has 2 N–H and O–H groups in total. The lowest BCUT2D eigenvalue weighted by molar-refractivity contribution is -0.139. The van der Waals surface area contributed by atoms with Crippen LogP contribution in [-0.4, -0.2) is 30.2 Å². The van der Waals surface area contributed by atoms with Crippen LogP contribution in [-0.2, 0) is 15.1 Å². The summed E-state index contributed by atoms with van der Waals surface area (Å²) in [5, 5.41) is 12.2. The minimum Gasteiger partial charge on any atom is -0.497 e. The van der Waals surface area contributed by atoms with Crippen LogP contribution >= 0.6 is 0 Å². The fourth-order valence-electron chi connectivity index (χ4n) is 2.81. The van der Waals surface area contributed by atoms with E-state index < -0.39 is 23.5 Å². The SMILES string of the molecule is COc1cccc(C(C)(CC(=O)O)NC(=O)C(C)Oc2cccc(C)c2)c1. The highest BCUT2D eigenvalue weighted by Gasteiger charge is 2.33. The Kier molecular flexibility index (Phi) is 6.45. The van der Waals surface area contributed by atoms with Gasteiger partial charge in [-0.25, -0.2) is 0 Å². The van der Waals surface area contributed by atoms with E-state index in [0.29, 0.717) is 17.1 Å². The first-order valence-electron chi connectivity index (χ1n) is 8.65. The summed E-state index contributed by atoms with van der Waals surface area (Å²) in [5.74, 6) is -0.252. The molecule has 0 saturated carbocycles. The molecule has 0 radical (unpaired) electrons. The van der Waals surface area contributed by atoms with E-state index in [1.165, 1.54) is 7.11 Å². The van der Waals surface area contributed by atoms with E-state index in [4.69, 9.17) is 9.47 Å². The van der Waals surface area contributed by atoms with Crippen LogP contribution < -0.4 is 14.8 Å². The Balaban J connectivity index is 2.21. The van der Waals surface area contributed by atoms with Crippen LogP contribution in [0.15, 0.2) is 48.5 Å². The van der Waals surface area contributed by atoms with Crippen LogP contribution in [0.25, 0.3) is 0 Å². The second kappa shape index (κ2) is 8.58. The molecule has 0 aliphatic heterocycles. The number of methoxy groups -OCH3 is 1. The van der Waals surface area contributed by atoms with Gasteiger partial charge in [0.1, 0.15) is 11.5 Å².